The van der Waals surface area contributed by atoms with Crippen molar-refractivity contribution in [3.05, 3.63) is 0 Å². The SMILES string of the molecule is [Ga+3].[Ga+3].[O-2].[O-2].[O-2].[O-2].[O-2].[Sr+2].[Sr+2]. The summed E-state index contributed by atoms with van der Waals surface area (Å²) in [6, 6.07) is 0. The van der Waals surface area contributed by atoms with Gasteiger partial charge in [-0.1, -0.05) is 0 Å². The van der Waals surface area contributed by atoms with E-state index in [0.29, 0.717) is 0 Å². The van der Waals surface area contributed by atoms with Gasteiger partial charge in [0.25, 0.3) is 0 Å². The molecule has 0 rings (SSSR count). The summed E-state index contributed by atoms with van der Waals surface area (Å²) in [6.45, 7) is 0. The second-order valence-electron chi connectivity index (χ2n) is 0. The third-order valence-electron chi connectivity index (χ3n) is 0. The van der Waals surface area contributed by atoms with E-state index >= 15 is 0 Å². The molecule has 0 atom stereocenters. The fourth-order valence-corrected chi connectivity index (χ4v) is 0. The zero-order valence-corrected chi connectivity index (χ0v) is 16.4. The van der Waals surface area contributed by atoms with Crippen LogP contribution in [0.1, 0.15) is 0 Å². The van der Waals surface area contributed by atoms with Crippen molar-refractivity contribution < 1.29 is 27.4 Å². The Hall–Kier alpha value is 4.03. The van der Waals surface area contributed by atoms with Crippen molar-refractivity contribution in [2.75, 3.05) is 0 Å². The molecule has 9 heavy (non-hydrogen) atoms. The molecule has 0 aliphatic heterocycles. The molecule has 40 valence electrons. The minimum atomic E-state index is 0. The van der Waals surface area contributed by atoms with Crippen molar-refractivity contribution in [2.45, 2.75) is 0 Å². The smallest absolute Gasteiger partial charge is 2.00 e. The molecule has 5 nitrogen and oxygen atoms in total. The Morgan fingerprint density at radius 2 is 0.333 bits per heavy atom. The summed E-state index contributed by atoms with van der Waals surface area (Å²) in [4.78, 5) is 0. The third-order valence-corrected chi connectivity index (χ3v) is 0. The Balaban J connectivity index is 0. The predicted molar refractivity (Wildman–Crippen MR) is 26.4 cm³/mol. The molecule has 0 heterocycles. The van der Waals surface area contributed by atoms with Gasteiger partial charge in [-0.2, -0.15) is 0 Å². The second kappa shape index (κ2) is 90.0. The molecule has 0 unspecified atom stereocenters. The molecule has 0 N–H and O–H groups in total. The van der Waals surface area contributed by atoms with E-state index < -0.39 is 0 Å². The molecule has 0 aliphatic carbocycles. The van der Waals surface area contributed by atoms with Gasteiger partial charge >= 0.3 is 131 Å². The first-order valence-electron chi connectivity index (χ1n) is 0. The molecule has 0 aromatic carbocycles. The molecule has 0 saturated heterocycles. The van der Waals surface area contributed by atoms with Crippen LogP contribution in [0.3, 0.4) is 0 Å². The van der Waals surface area contributed by atoms with Gasteiger partial charge in [0.15, 0.2) is 0 Å². The Morgan fingerprint density at radius 1 is 0.333 bits per heavy atom. The standard InChI is InChI=1S/2Ga.5O.2Sr/q2*+3;5*-2;2*+2. The molecule has 0 aliphatic rings. The number of hydrogen-bond donors (Lipinski definition) is 0. The van der Waals surface area contributed by atoms with E-state index in [9.17, 15) is 0 Å². The average molecular weight is 395 g/mol. The van der Waals surface area contributed by atoms with Crippen LogP contribution in [0, 0.1) is 0 Å². The van der Waals surface area contributed by atoms with Gasteiger partial charge in [-0.05, 0) is 0 Å². The van der Waals surface area contributed by atoms with E-state index in [-0.39, 0.29) is 158 Å². The van der Waals surface area contributed by atoms with Crippen molar-refractivity contribution in [3.63, 3.8) is 0 Å². The van der Waals surface area contributed by atoms with E-state index in [1.54, 1.807) is 0 Å². The normalized spacial score (nSPS) is 0. The van der Waals surface area contributed by atoms with Crippen LogP contribution in [-0.4, -0.2) is 131 Å². The van der Waals surface area contributed by atoms with Crippen LogP contribution in [0.5, 0.6) is 0 Å². The zero-order valence-electron chi connectivity index (χ0n) is 4.61. The van der Waals surface area contributed by atoms with Crippen LogP contribution in [0.25, 0.3) is 0 Å². The van der Waals surface area contributed by atoms with Crippen molar-refractivity contribution in [1.82, 2.24) is 0 Å². The van der Waals surface area contributed by atoms with E-state index in [1.165, 1.54) is 0 Å². The average Bonchev–Trinajstić information content (AvgIpc) is 0. The first-order chi connectivity index (χ1) is 0. The summed E-state index contributed by atoms with van der Waals surface area (Å²) in [5.41, 5.74) is 0. The maximum atomic E-state index is 0. The van der Waals surface area contributed by atoms with Gasteiger partial charge in [0.1, 0.15) is 0 Å². The maximum Gasteiger partial charge on any atom is 3.00 e. The summed E-state index contributed by atoms with van der Waals surface area (Å²) >= 11 is 0. The fraction of sp³-hybridized carbons (Fsp3) is 0. The third kappa shape index (κ3) is 74.5. The minimum Gasteiger partial charge on any atom is -2.00 e. The van der Waals surface area contributed by atoms with Crippen LogP contribution >= 0.6 is 0 Å². The van der Waals surface area contributed by atoms with Gasteiger partial charge in [-0.3, -0.25) is 0 Å². The first kappa shape index (κ1) is 116. The first-order valence-corrected chi connectivity index (χ1v) is 0. The summed E-state index contributed by atoms with van der Waals surface area (Å²) in [5, 5.41) is 0. The Bertz CT molecular complexity index is 12.9. The molecule has 0 amide bonds. The number of rotatable bonds is 0. The molecular weight excluding hydrogens is 395 g/mol. The largest absolute Gasteiger partial charge is 3.00 e. The van der Waals surface area contributed by atoms with Gasteiger partial charge in [0.05, 0.1) is 0 Å². The second-order valence-corrected chi connectivity index (χ2v) is 0. The Kier molecular flexibility index (Phi) is 1160. The van der Waals surface area contributed by atoms with Gasteiger partial charge in [-0.25, -0.2) is 0 Å². The predicted octanol–water partition coefficient (Wildman–Crippen LogP) is -2.12. The minimum absolute atomic E-state index is 0. The summed E-state index contributed by atoms with van der Waals surface area (Å²) in [7, 11) is 0. The molecular formula is Ga2O5Sr2. The fourth-order valence-electron chi connectivity index (χ4n) is 0. The van der Waals surface area contributed by atoms with Crippen molar-refractivity contribution in [3.8, 4) is 0 Å². The van der Waals surface area contributed by atoms with Crippen molar-refractivity contribution in [2.24, 2.45) is 0 Å². The zero-order chi connectivity index (χ0) is 0. The maximum absolute atomic E-state index is 0. The monoisotopic (exact) mass is 394 g/mol. The van der Waals surface area contributed by atoms with Gasteiger partial charge in [0, 0.05) is 0 Å². The van der Waals surface area contributed by atoms with Gasteiger partial charge < -0.3 is 27.4 Å². The Morgan fingerprint density at radius 3 is 0.333 bits per heavy atom. The summed E-state index contributed by atoms with van der Waals surface area (Å²) < 4.78 is 0. The van der Waals surface area contributed by atoms with E-state index in [4.69, 9.17) is 0 Å². The molecule has 0 aromatic heterocycles. The molecule has 0 aromatic rings. The summed E-state index contributed by atoms with van der Waals surface area (Å²) in [5.74, 6) is 0. The Labute approximate surface area is 154 Å². The van der Waals surface area contributed by atoms with E-state index in [1.807, 2.05) is 0 Å². The van der Waals surface area contributed by atoms with Crippen LogP contribution < -0.4 is 0 Å². The van der Waals surface area contributed by atoms with E-state index in [2.05, 4.69) is 0 Å². The topological polar surface area (TPSA) is 142 Å². The molecule has 0 saturated carbocycles. The van der Waals surface area contributed by atoms with Crippen LogP contribution in [-0.2, 0) is 27.4 Å². The van der Waals surface area contributed by atoms with Gasteiger partial charge in [0.2, 0.25) is 0 Å². The van der Waals surface area contributed by atoms with E-state index in [0.717, 1.165) is 0 Å². The van der Waals surface area contributed by atoms with Crippen LogP contribution in [0.2, 0.25) is 0 Å². The van der Waals surface area contributed by atoms with Gasteiger partial charge in [-0.15, -0.1) is 0 Å². The molecule has 0 spiro atoms. The summed E-state index contributed by atoms with van der Waals surface area (Å²) in [6.07, 6.45) is 0. The van der Waals surface area contributed by atoms with Crippen LogP contribution in [0.15, 0.2) is 0 Å². The van der Waals surface area contributed by atoms with Crippen molar-refractivity contribution in [1.29, 1.82) is 0 Å². The quantitative estimate of drug-likeness (QED) is 0.414. The molecule has 0 bridgehead atoms. The van der Waals surface area contributed by atoms with Crippen molar-refractivity contribution >= 4 is 131 Å². The molecule has 0 fully saturated rings. The molecule has 0 radical (unpaired) electrons. The number of hydrogen-bond acceptors (Lipinski definition) is 0. The van der Waals surface area contributed by atoms with Crippen LogP contribution in [0.4, 0.5) is 0 Å². The molecule has 9 heteroatoms.